The van der Waals surface area contributed by atoms with Crippen molar-refractivity contribution in [3.63, 3.8) is 0 Å². The normalized spacial score (nSPS) is 10.1. The number of benzene rings is 1. The fourth-order valence-corrected chi connectivity index (χ4v) is 2.94. The zero-order chi connectivity index (χ0) is 11.5. The summed E-state index contributed by atoms with van der Waals surface area (Å²) in [7, 11) is 0. The van der Waals surface area contributed by atoms with Crippen LogP contribution in [0, 0.1) is 3.57 Å². The minimum absolute atomic E-state index is 0.00711. The van der Waals surface area contributed by atoms with Gasteiger partial charge in [0.2, 0.25) is 0 Å². The lowest BCUT2D eigenvalue weighted by molar-refractivity contribution is 0.103. The number of carbonyl (C=O) groups is 1. The molecule has 0 aliphatic carbocycles. The molecule has 0 saturated heterocycles. The Bertz CT molecular complexity index is 508. The lowest BCUT2D eigenvalue weighted by Gasteiger charge is -2.02. The van der Waals surface area contributed by atoms with Crippen LogP contribution in [0.25, 0.3) is 0 Å². The van der Waals surface area contributed by atoms with Gasteiger partial charge in [-0.25, -0.2) is 0 Å². The Morgan fingerprint density at radius 2 is 2.06 bits per heavy atom. The van der Waals surface area contributed by atoms with Crippen molar-refractivity contribution in [2.24, 2.45) is 0 Å². The Morgan fingerprint density at radius 3 is 2.69 bits per heavy atom. The van der Waals surface area contributed by atoms with Crippen LogP contribution in [0.15, 0.2) is 47.2 Å². The van der Waals surface area contributed by atoms with Crippen LogP contribution in [0.5, 0.6) is 0 Å². The second kappa shape index (κ2) is 5.05. The van der Waals surface area contributed by atoms with Gasteiger partial charge in [-0.3, -0.25) is 9.78 Å². The van der Waals surface area contributed by atoms with Crippen molar-refractivity contribution in [3.8, 4) is 0 Å². The molecule has 2 aromatic rings. The third-order valence-corrected chi connectivity index (χ3v) is 3.13. The molecule has 0 N–H and O–H groups in total. The maximum absolute atomic E-state index is 12.1. The number of carbonyl (C=O) groups excluding carboxylic acids is 1. The molecule has 1 heterocycles. The van der Waals surface area contributed by atoms with E-state index in [0.717, 1.165) is 8.04 Å². The van der Waals surface area contributed by atoms with Crippen LogP contribution in [0.4, 0.5) is 0 Å². The molecule has 2 rings (SSSR count). The van der Waals surface area contributed by atoms with Gasteiger partial charge in [0, 0.05) is 31.6 Å². The molecular formula is C12H7BrINO. The van der Waals surface area contributed by atoms with Crippen molar-refractivity contribution < 1.29 is 4.79 Å². The van der Waals surface area contributed by atoms with Crippen molar-refractivity contribution >= 4 is 44.3 Å². The Morgan fingerprint density at radius 1 is 1.25 bits per heavy atom. The minimum atomic E-state index is -0.00711. The Balaban J connectivity index is 2.42. The molecule has 16 heavy (non-hydrogen) atoms. The van der Waals surface area contributed by atoms with Crippen molar-refractivity contribution in [2.75, 3.05) is 0 Å². The second-order valence-corrected chi connectivity index (χ2v) is 5.39. The number of halogens is 2. The highest BCUT2D eigenvalue weighted by molar-refractivity contribution is 14.1. The first kappa shape index (κ1) is 11.7. The van der Waals surface area contributed by atoms with Crippen LogP contribution in [0.2, 0.25) is 0 Å². The van der Waals surface area contributed by atoms with Gasteiger partial charge in [0.15, 0.2) is 5.78 Å². The van der Waals surface area contributed by atoms with Crippen LogP contribution in [-0.4, -0.2) is 10.8 Å². The lowest BCUT2D eigenvalue weighted by atomic mass is 10.1. The molecule has 0 aliphatic heterocycles. The fraction of sp³-hybridized carbons (Fsp3) is 0. The van der Waals surface area contributed by atoms with Gasteiger partial charge >= 0.3 is 0 Å². The highest BCUT2D eigenvalue weighted by atomic mass is 127. The number of rotatable bonds is 2. The molecule has 1 aromatic heterocycles. The van der Waals surface area contributed by atoms with Crippen molar-refractivity contribution in [2.45, 2.75) is 0 Å². The third kappa shape index (κ3) is 2.68. The summed E-state index contributed by atoms with van der Waals surface area (Å²) in [5.41, 5.74) is 1.28. The third-order valence-electron chi connectivity index (χ3n) is 2.05. The minimum Gasteiger partial charge on any atom is -0.289 e. The van der Waals surface area contributed by atoms with Gasteiger partial charge < -0.3 is 0 Å². The first-order valence-corrected chi connectivity index (χ1v) is 6.45. The summed E-state index contributed by atoms with van der Waals surface area (Å²) in [6.07, 6.45) is 3.23. The molecule has 0 aliphatic rings. The molecule has 0 atom stereocenters. The Kier molecular flexibility index (Phi) is 3.70. The van der Waals surface area contributed by atoms with Crippen molar-refractivity contribution in [1.29, 1.82) is 0 Å². The number of hydrogen-bond donors (Lipinski definition) is 0. The van der Waals surface area contributed by atoms with Gasteiger partial charge in [0.25, 0.3) is 0 Å². The van der Waals surface area contributed by atoms with Gasteiger partial charge in [-0.05, 0) is 52.9 Å². The van der Waals surface area contributed by atoms with E-state index in [1.54, 1.807) is 24.5 Å². The van der Waals surface area contributed by atoms with Crippen LogP contribution >= 0.6 is 38.5 Å². The summed E-state index contributed by atoms with van der Waals surface area (Å²) in [5.74, 6) is -0.00711. The SMILES string of the molecule is O=C(c1cccnc1)c1cc(Br)cc(I)c1. The molecule has 1 aromatic carbocycles. The molecule has 0 unspecified atom stereocenters. The van der Waals surface area contributed by atoms with Crippen molar-refractivity contribution in [1.82, 2.24) is 4.98 Å². The fourth-order valence-electron chi connectivity index (χ4n) is 1.35. The maximum atomic E-state index is 12.1. The summed E-state index contributed by atoms with van der Waals surface area (Å²) >= 11 is 5.57. The molecule has 80 valence electrons. The molecule has 2 nitrogen and oxygen atoms in total. The first-order chi connectivity index (χ1) is 7.66. The van der Waals surface area contributed by atoms with E-state index in [9.17, 15) is 4.79 Å². The first-order valence-electron chi connectivity index (χ1n) is 4.57. The second-order valence-electron chi connectivity index (χ2n) is 3.23. The average molecular weight is 388 g/mol. The van der Waals surface area contributed by atoms with Gasteiger partial charge in [0.05, 0.1) is 0 Å². The summed E-state index contributed by atoms with van der Waals surface area (Å²) in [4.78, 5) is 16.0. The molecule has 0 radical (unpaired) electrons. The maximum Gasteiger partial charge on any atom is 0.194 e. The van der Waals surface area contributed by atoms with E-state index < -0.39 is 0 Å². The summed E-state index contributed by atoms with van der Waals surface area (Å²) < 4.78 is 1.94. The van der Waals surface area contributed by atoms with Crippen LogP contribution in [0.3, 0.4) is 0 Å². The largest absolute Gasteiger partial charge is 0.289 e. The highest BCUT2D eigenvalue weighted by Crippen LogP contribution is 2.19. The smallest absolute Gasteiger partial charge is 0.194 e. The van der Waals surface area contributed by atoms with E-state index in [0.29, 0.717) is 11.1 Å². The van der Waals surface area contributed by atoms with Crippen LogP contribution in [-0.2, 0) is 0 Å². The number of nitrogens with zero attached hydrogens (tertiary/aromatic N) is 1. The molecule has 0 amide bonds. The molecule has 0 fully saturated rings. The molecule has 4 heteroatoms. The van der Waals surface area contributed by atoms with E-state index >= 15 is 0 Å². The molecule has 0 bridgehead atoms. The summed E-state index contributed by atoms with van der Waals surface area (Å²) in [5, 5.41) is 0. The van der Waals surface area contributed by atoms with E-state index in [1.165, 1.54) is 0 Å². The van der Waals surface area contributed by atoms with Crippen molar-refractivity contribution in [3.05, 3.63) is 61.9 Å². The van der Waals surface area contributed by atoms with Gasteiger partial charge in [0.1, 0.15) is 0 Å². The zero-order valence-electron chi connectivity index (χ0n) is 8.15. The predicted octanol–water partition coefficient (Wildman–Crippen LogP) is 3.68. The predicted molar refractivity (Wildman–Crippen MR) is 74.5 cm³/mol. The number of hydrogen-bond acceptors (Lipinski definition) is 2. The van der Waals surface area contributed by atoms with Gasteiger partial charge in [-0.15, -0.1) is 0 Å². The van der Waals surface area contributed by atoms with Gasteiger partial charge in [-0.2, -0.15) is 0 Å². The van der Waals surface area contributed by atoms with Crippen LogP contribution in [0.1, 0.15) is 15.9 Å². The zero-order valence-corrected chi connectivity index (χ0v) is 11.9. The molecular weight excluding hydrogens is 381 g/mol. The lowest BCUT2D eigenvalue weighted by Crippen LogP contribution is -2.01. The quantitative estimate of drug-likeness (QED) is 0.581. The van der Waals surface area contributed by atoms with E-state index in [4.69, 9.17) is 0 Å². The van der Waals surface area contributed by atoms with E-state index in [-0.39, 0.29) is 5.78 Å². The number of pyridine rings is 1. The molecule has 0 saturated carbocycles. The Labute approximate surface area is 115 Å². The Hall–Kier alpha value is -0.750. The van der Waals surface area contributed by atoms with E-state index in [1.807, 2.05) is 18.2 Å². The highest BCUT2D eigenvalue weighted by Gasteiger charge is 2.10. The van der Waals surface area contributed by atoms with Gasteiger partial charge in [-0.1, -0.05) is 15.9 Å². The number of aromatic nitrogens is 1. The topological polar surface area (TPSA) is 30.0 Å². The summed E-state index contributed by atoms with van der Waals surface area (Å²) in [6, 6.07) is 9.16. The standard InChI is InChI=1S/C12H7BrINO/c13-10-4-9(5-11(14)6-10)12(16)8-2-1-3-15-7-8/h1-7H. The summed E-state index contributed by atoms with van der Waals surface area (Å²) in [6.45, 7) is 0. The average Bonchev–Trinajstić information content (AvgIpc) is 2.28. The number of ketones is 1. The molecule has 0 spiro atoms. The van der Waals surface area contributed by atoms with Crippen LogP contribution < -0.4 is 0 Å². The van der Waals surface area contributed by atoms with E-state index in [2.05, 4.69) is 43.5 Å². The monoisotopic (exact) mass is 387 g/mol.